The quantitative estimate of drug-likeness (QED) is 0.298. The van der Waals surface area contributed by atoms with Gasteiger partial charge in [-0.1, -0.05) is 11.2 Å². The van der Waals surface area contributed by atoms with Crippen molar-refractivity contribution in [1.29, 1.82) is 0 Å². The molecule has 3 aromatic rings. The van der Waals surface area contributed by atoms with Crippen LogP contribution in [-0.2, 0) is 0 Å². The largest absolute Gasteiger partial charge is 0.409 e. The maximum atomic E-state index is 8.74. The van der Waals surface area contributed by atoms with Gasteiger partial charge in [-0.05, 0) is 12.1 Å². The fourth-order valence-electron chi connectivity index (χ4n) is 1.85. The van der Waals surface area contributed by atoms with E-state index in [1.165, 1.54) is 0 Å². The molecule has 0 bridgehead atoms. The number of pyridine rings is 1. The number of oxime groups is 1. The van der Waals surface area contributed by atoms with Crippen LogP contribution in [0.4, 0.5) is 0 Å². The minimum Gasteiger partial charge on any atom is -0.409 e. The third kappa shape index (κ3) is 1.41. The molecular formula is C11H10N6O. The summed E-state index contributed by atoms with van der Waals surface area (Å²) in [6.45, 7) is 0. The molecule has 0 spiro atoms. The summed E-state index contributed by atoms with van der Waals surface area (Å²) in [4.78, 5) is 8.27. The normalized spacial score (nSPS) is 12.1. The van der Waals surface area contributed by atoms with Crippen molar-refractivity contribution in [2.45, 2.75) is 0 Å². The molecule has 7 nitrogen and oxygen atoms in total. The van der Waals surface area contributed by atoms with Crippen molar-refractivity contribution in [1.82, 2.24) is 18.9 Å². The Hall–Kier alpha value is -2.83. The Kier molecular flexibility index (Phi) is 2.23. The lowest BCUT2D eigenvalue weighted by molar-refractivity contribution is 0.318. The predicted molar refractivity (Wildman–Crippen MR) is 64.8 cm³/mol. The summed E-state index contributed by atoms with van der Waals surface area (Å²) in [5.74, 6) is 1.14. The van der Waals surface area contributed by atoms with Gasteiger partial charge in [-0.25, -0.2) is 9.97 Å². The molecule has 0 aliphatic rings. The van der Waals surface area contributed by atoms with Crippen molar-refractivity contribution < 1.29 is 5.21 Å². The molecule has 3 aromatic heterocycles. The van der Waals surface area contributed by atoms with Crippen LogP contribution in [0.5, 0.6) is 0 Å². The number of hydrogen-bond acceptors (Lipinski definition) is 4. The van der Waals surface area contributed by atoms with Crippen LogP contribution < -0.4 is 5.73 Å². The standard InChI is InChI=1S/C11H10N6O/c12-10(15-18)11-14-5-7-17(11)9-3-1-2-8-13-4-6-16(8)9/h1-7,18H,(H2,12,15). The van der Waals surface area contributed by atoms with E-state index in [4.69, 9.17) is 10.9 Å². The van der Waals surface area contributed by atoms with Crippen molar-refractivity contribution in [3.05, 3.63) is 48.8 Å². The SMILES string of the molecule is N/C(=N/O)c1nccn1-c1cccc2nccn12. The van der Waals surface area contributed by atoms with E-state index in [-0.39, 0.29) is 5.84 Å². The fourth-order valence-corrected chi connectivity index (χ4v) is 1.85. The molecular weight excluding hydrogens is 232 g/mol. The Morgan fingerprint density at radius 2 is 2.06 bits per heavy atom. The number of nitrogens with zero attached hydrogens (tertiary/aromatic N) is 5. The molecule has 0 saturated carbocycles. The monoisotopic (exact) mass is 242 g/mol. The first kappa shape index (κ1) is 10.3. The summed E-state index contributed by atoms with van der Waals surface area (Å²) < 4.78 is 3.61. The predicted octanol–water partition coefficient (Wildman–Crippen LogP) is 0.614. The van der Waals surface area contributed by atoms with Gasteiger partial charge in [0.15, 0.2) is 5.82 Å². The highest BCUT2D eigenvalue weighted by molar-refractivity contribution is 5.94. The molecule has 3 N–H and O–H groups in total. The molecule has 0 atom stereocenters. The molecule has 0 fully saturated rings. The van der Waals surface area contributed by atoms with E-state index in [2.05, 4.69) is 15.1 Å². The first-order chi connectivity index (χ1) is 8.81. The lowest BCUT2D eigenvalue weighted by Crippen LogP contribution is -2.19. The van der Waals surface area contributed by atoms with Gasteiger partial charge in [-0.15, -0.1) is 0 Å². The number of imidazole rings is 2. The van der Waals surface area contributed by atoms with Gasteiger partial charge >= 0.3 is 0 Å². The molecule has 7 heteroatoms. The molecule has 3 heterocycles. The highest BCUT2D eigenvalue weighted by Gasteiger charge is 2.11. The molecule has 3 rings (SSSR count). The maximum Gasteiger partial charge on any atom is 0.206 e. The van der Waals surface area contributed by atoms with E-state index in [0.717, 1.165) is 11.5 Å². The molecule has 18 heavy (non-hydrogen) atoms. The van der Waals surface area contributed by atoms with Crippen LogP contribution in [0.1, 0.15) is 5.82 Å². The third-order valence-electron chi connectivity index (χ3n) is 2.63. The Morgan fingerprint density at radius 3 is 2.89 bits per heavy atom. The summed E-state index contributed by atoms with van der Waals surface area (Å²) in [5.41, 5.74) is 6.40. The topological polar surface area (TPSA) is 93.7 Å². The smallest absolute Gasteiger partial charge is 0.206 e. The molecule has 0 saturated heterocycles. The van der Waals surface area contributed by atoms with Crippen molar-refractivity contribution >= 4 is 11.5 Å². The Morgan fingerprint density at radius 1 is 1.22 bits per heavy atom. The first-order valence-corrected chi connectivity index (χ1v) is 5.25. The third-order valence-corrected chi connectivity index (χ3v) is 2.63. The second-order valence-corrected chi connectivity index (χ2v) is 3.65. The number of aromatic nitrogens is 4. The summed E-state index contributed by atoms with van der Waals surface area (Å²) in [5, 5.41) is 11.7. The van der Waals surface area contributed by atoms with Crippen LogP contribution in [0.3, 0.4) is 0 Å². The Labute approximate surface area is 102 Å². The highest BCUT2D eigenvalue weighted by Crippen LogP contribution is 2.13. The van der Waals surface area contributed by atoms with E-state index in [1.54, 1.807) is 23.2 Å². The summed E-state index contributed by atoms with van der Waals surface area (Å²) in [7, 11) is 0. The van der Waals surface area contributed by atoms with Crippen LogP contribution in [0.15, 0.2) is 48.1 Å². The van der Waals surface area contributed by atoms with Crippen molar-refractivity contribution in [2.24, 2.45) is 10.9 Å². The summed E-state index contributed by atoms with van der Waals surface area (Å²) in [6.07, 6.45) is 6.87. The summed E-state index contributed by atoms with van der Waals surface area (Å²) >= 11 is 0. The lowest BCUT2D eigenvalue weighted by atomic mass is 10.4. The van der Waals surface area contributed by atoms with Crippen molar-refractivity contribution in [3.63, 3.8) is 0 Å². The second kappa shape index (κ2) is 3.88. The first-order valence-electron chi connectivity index (χ1n) is 5.25. The molecule has 0 amide bonds. The van der Waals surface area contributed by atoms with Gasteiger partial charge in [0.05, 0.1) is 0 Å². The van der Waals surface area contributed by atoms with E-state index >= 15 is 0 Å². The van der Waals surface area contributed by atoms with E-state index in [9.17, 15) is 0 Å². The number of hydrogen-bond donors (Lipinski definition) is 2. The molecule has 0 radical (unpaired) electrons. The molecule has 0 unspecified atom stereocenters. The molecule has 0 aromatic carbocycles. The van der Waals surface area contributed by atoms with Crippen LogP contribution in [0, 0.1) is 0 Å². The van der Waals surface area contributed by atoms with Crippen LogP contribution in [-0.4, -0.2) is 30.0 Å². The molecule has 0 aliphatic carbocycles. The van der Waals surface area contributed by atoms with Gasteiger partial charge < -0.3 is 10.9 Å². The Bertz CT molecular complexity index is 726. The number of rotatable bonds is 2. The minimum atomic E-state index is -0.0443. The van der Waals surface area contributed by atoms with E-state index < -0.39 is 0 Å². The number of amidine groups is 1. The zero-order chi connectivity index (χ0) is 12.5. The van der Waals surface area contributed by atoms with Crippen molar-refractivity contribution in [3.8, 4) is 5.82 Å². The van der Waals surface area contributed by atoms with E-state index in [1.807, 2.05) is 28.8 Å². The van der Waals surface area contributed by atoms with Gasteiger partial charge in [0.1, 0.15) is 11.5 Å². The molecule has 90 valence electrons. The lowest BCUT2D eigenvalue weighted by Gasteiger charge is -2.08. The zero-order valence-corrected chi connectivity index (χ0v) is 9.30. The van der Waals surface area contributed by atoms with Gasteiger partial charge in [0.2, 0.25) is 5.84 Å². The second-order valence-electron chi connectivity index (χ2n) is 3.65. The average molecular weight is 242 g/mol. The Balaban J connectivity index is 2.27. The van der Waals surface area contributed by atoms with Crippen molar-refractivity contribution in [2.75, 3.05) is 0 Å². The minimum absolute atomic E-state index is 0.0443. The van der Waals surface area contributed by atoms with Gasteiger partial charge in [-0.2, -0.15) is 0 Å². The number of fused-ring (bicyclic) bond motifs is 1. The van der Waals surface area contributed by atoms with Crippen LogP contribution >= 0.6 is 0 Å². The van der Waals surface area contributed by atoms with E-state index in [0.29, 0.717) is 5.82 Å². The average Bonchev–Trinajstić information content (AvgIpc) is 3.05. The van der Waals surface area contributed by atoms with Gasteiger partial charge in [-0.3, -0.25) is 8.97 Å². The highest BCUT2D eigenvalue weighted by atomic mass is 16.4. The molecule has 0 aliphatic heterocycles. The van der Waals surface area contributed by atoms with Crippen LogP contribution in [0.2, 0.25) is 0 Å². The van der Waals surface area contributed by atoms with Gasteiger partial charge in [0, 0.05) is 24.8 Å². The summed E-state index contributed by atoms with van der Waals surface area (Å²) in [6, 6.07) is 5.67. The fraction of sp³-hybridized carbons (Fsp3) is 0. The van der Waals surface area contributed by atoms with Gasteiger partial charge in [0.25, 0.3) is 0 Å². The number of nitrogens with two attached hydrogens (primary N) is 1. The van der Waals surface area contributed by atoms with Crippen LogP contribution in [0.25, 0.3) is 11.5 Å². The zero-order valence-electron chi connectivity index (χ0n) is 9.30. The maximum absolute atomic E-state index is 8.74.